The van der Waals surface area contributed by atoms with E-state index in [-0.39, 0.29) is 0 Å². The molecule has 2 rings (SSSR count). The van der Waals surface area contributed by atoms with Crippen LogP contribution in [0.4, 0.5) is 8.78 Å². The summed E-state index contributed by atoms with van der Waals surface area (Å²) in [7, 11) is 0. The van der Waals surface area contributed by atoms with Crippen molar-refractivity contribution in [2.45, 2.75) is 39.7 Å². The van der Waals surface area contributed by atoms with Gasteiger partial charge in [0.25, 0.3) is 0 Å². The summed E-state index contributed by atoms with van der Waals surface area (Å²) in [6.07, 6.45) is 1.97. The van der Waals surface area contributed by atoms with E-state index < -0.39 is 11.6 Å². The van der Waals surface area contributed by atoms with Gasteiger partial charge in [-0.2, -0.15) is 0 Å². The number of hydrogen-bond donors (Lipinski definition) is 1. The molecule has 0 aliphatic heterocycles. The minimum atomic E-state index is -0.773. The maximum absolute atomic E-state index is 13.2. The van der Waals surface area contributed by atoms with Crippen molar-refractivity contribution in [1.29, 1.82) is 0 Å². The molecule has 1 aromatic rings. The van der Waals surface area contributed by atoms with Crippen molar-refractivity contribution in [2.24, 2.45) is 11.3 Å². The average Bonchev–Trinajstić information content (AvgIpc) is 2.92. The van der Waals surface area contributed by atoms with Gasteiger partial charge in [0.15, 0.2) is 11.6 Å². The second-order valence-corrected chi connectivity index (χ2v) is 5.92. The number of halogens is 2. The van der Waals surface area contributed by atoms with Crippen molar-refractivity contribution in [3.05, 3.63) is 35.4 Å². The summed E-state index contributed by atoms with van der Waals surface area (Å²) in [4.78, 5) is 0. The zero-order valence-corrected chi connectivity index (χ0v) is 11.3. The lowest BCUT2D eigenvalue weighted by Gasteiger charge is -2.20. The Labute approximate surface area is 108 Å². The van der Waals surface area contributed by atoms with E-state index in [1.54, 1.807) is 6.07 Å². The van der Waals surface area contributed by atoms with Gasteiger partial charge < -0.3 is 5.32 Å². The monoisotopic (exact) mass is 253 g/mol. The molecule has 0 bridgehead atoms. The zero-order chi connectivity index (χ0) is 13.3. The SMILES string of the molecule is CCNC(Cc1ccc(F)c(F)c1)C1CC1(C)C. The van der Waals surface area contributed by atoms with Gasteiger partial charge >= 0.3 is 0 Å². The van der Waals surface area contributed by atoms with Gasteiger partial charge in [0.2, 0.25) is 0 Å². The van der Waals surface area contributed by atoms with Gasteiger partial charge in [-0.25, -0.2) is 8.78 Å². The Hall–Kier alpha value is -0.960. The number of benzene rings is 1. The normalized spacial score (nSPS) is 22.8. The fourth-order valence-corrected chi connectivity index (χ4v) is 2.73. The molecule has 1 aliphatic rings. The first kappa shape index (κ1) is 13.5. The summed E-state index contributed by atoms with van der Waals surface area (Å²) in [6, 6.07) is 4.56. The van der Waals surface area contributed by atoms with E-state index >= 15 is 0 Å². The summed E-state index contributed by atoms with van der Waals surface area (Å²) >= 11 is 0. The molecule has 0 aromatic heterocycles. The topological polar surface area (TPSA) is 12.0 Å². The first-order valence-electron chi connectivity index (χ1n) is 6.61. The molecule has 0 heterocycles. The predicted molar refractivity (Wildman–Crippen MR) is 69.4 cm³/mol. The molecule has 0 radical (unpaired) electrons. The molecular weight excluding hydrogens is 232 g/mol. The Bertz CT molecular complexity index is 429. The van der Waals surface area contributed by atoms with Crippen molar-refractivity contribution in [2.75, 3.05) is 6.54 Å². The van der Waals surface area contributed by atoms with Crippen LogP contribution in [0, 0.1) is 23.0 Å². The van der Waals surface area contributed by atoms with Crippen molar-refractivity contribution in [3.63, 3.8) is 0 Å². The van der Waals surface area contributed by atoms with Crippen LogP contribution in [0.3, 0.4) is 0 Å². The quantitative estimate of drug-likeness (QED) is 0.846. The van der Waals surface area contributed by atoms with E-state index in [4.69, 9.17) is 0 Å². The second kappa shape index (κ2) is 4.96. The highest BCUT2D eigenvalue weighted by Gasteiger charge is 2.49. The van der Waals surface area contributed by atoms with Gasteiger partial charge in [0.1, 0.15) is 0 Å². The summed E-state index contributed by atoms with van der Waals surface area (Å²) in [6.45, 7) is 7.50. The first-order valence-corrected chi connectivity index (χ1v) is 6.61. The van der Waals surface area contributed by atoms with Gasteiger partial charge in [-0.05, 0) is 48.4 Å². The fourth-order valence-electron chi connectivity index (χ4n) is 2.73. The van der Waals surface area contributed by atoms with E-state index in [1.807, 2.05) is 0 Å². The predicted octanol–water partition coefficient (Wildman–Crippen LogP) is 3.53. The summed E-state index contributed by atoms with van der Waals surface area (Å²) in [5.74, 6) is -0.895. The maximum Gasteiger partial charge on any atom is 0.159 e. The highest BCUT2D eigenvalue weighted by atomic mass is 19.2. The highest BCUT2D eigenvalue weighted by molar-refractivity contribution is 5.20. The number of rotatable bonds is 5. The molecule has 1 saturated carbocycles. The Morgan fingerprint density at radius 3 is 2.50 bits per heavy atom. The Morgan fingerprint density at radius 2 is 2.00 bits per heavy atom. The zero-order valence-electron chi connectivity index (χ0n) is 11.3. The average molecular weight is 253 g/mol. The van der Waals surface area contributed by atoms with Gasteiger partial charge in [0, 0.05) is 6.04 Å². The van der Waals surface area contributed by atoms with Crippen LogP contribution in [0.5, 0.6) is 0 Å². The van der Waals surface area contributed by atoms with Crippen LogP contribution in [0.15, 0.2) is 18.2 Å². The van der Waals surface area contributed by atoms with Crippen LogP contribution in [0.1, 0.15) is 32.8 Å². The van der Waals surface area contributed by atoms with Crippen LogP contribution >= 0.6 is 0 Å². The Balaban J connectivity index is 2.07. The molecular formula is C15H21F2N. The molecule has 0 spiro atoms. The Kier molecular flexibility index (Phi) is 3.71. The smallest absolute Gasteiger partial charge is 0.159 e. The molecule has 0 saturated heterocycles. The number of likely N-dealkylation sites (N-methyl/N-ethyl adjacent to an activating group) is 1. The maximum atomic E-state index is 13.2. The molecule has 0 amide bonds. The van der Waals surface area contributed by atoms with E-state index in [1.165, 1.54) is 18.6 Å². The highest BCUT2D eigenvalue weighted by Crippen LogP contribution is 2.54. The molecule has 2 atom stereocenters. The first-order chi connectivity index (χ1) is 8.44. The summed E-state index contributed by atoms with van der Waals surface area (Å²) < 4.78 is 26.1. The molecule has 1 aromatic carbocycles. The van der Waals surface area contributed by atoms with Crippen LogP contribution in [0.2, 0.25) is 0 Å². The van der Waals surface area contributed by atoms with Crippen LogP contribution in [-0.4, -0.2) is 12.6 Å². The van der Waals surface area contributed by atoms with E-state index in [9.17, 15) is 8.78 Å². The van der Waals surface area contributed by atoms with Gasteiger partial charge in [-0.1, -0.05) is 26.8 Å². The van der Waals surface area contributed by atoms with E-state index in [0.717, 1.165) is 18.5 Å². The number of nitrogens with one attached hydrogen (secondary N) is 1. The lowest BCUT2D eigenvalue weighted by Crippen LogP contribution is -2.34. The van der Waals surface area contributed by atoms with E-state index in [2.05, 4.69) is 26.1 Å². The van der Waals surface area contributed by atoms with Gasteiger partial charge in [-0.15, -0.1) is 0 Å². The standard InChI is InChI=1S/C15H21F2N/c1-4-18-14(11-9-15(11,2)3)8-10-5-6-12(16)13(17)7-10/h5-7,11,14,18H,4,8-9H2,1-3H3. The second-order valence-electron chi connectivity index (χ2n) is 5.92. The minimum absolute atomic E-state index is 0.356. The molecule has 3 heteroatoms. The van der Waals surface area contributed by atoms with Crippen LogP contribution in [0.25, 0.3) is 0 Å². The van der Waals surface area contributed by atoms with Gasteiger partial charge in [-0.3, -0.25) is 0 Å². The third-order valence-electron chi connectivity index (χ3n) is 3.98. The van der Waals surface area contributed by atoms with Crippen LogP contribution < -0.4 is 5.32 Å². The molecule has 2 unspecified atom stereocenters. The lowest BCUT2D eigenvalue weighted by molar-refractivity contribution is 0.408. The summed E-state index contributed by atoms with van der Waals surface area (Å²) in [5.41, 5.74) is 1.24. The minimum Gasteiger partial charge on any atom is -0.314 e. The largest absolute Gasteiger partial charge is 0.314 e. The third kappa shape index (κ3) is 2.89. The fraction of sp³-hybridized carbons (Fsp3) is 0.600. The lowest BCUT2D eigenvalue weighted by atomic mass is 9.97. The molecule has 1 nitrogen and oxygen atoms in total. The molecule has 1 N–H and O–H groups in total. The Morgan fingerprint density at radius 1 is 1.33 bits per heavy atom. The molecule has 1 fully saturated rings. The van der Waals surface area contributed by atoms with Crippen molar-refractivity contribution in [3.8, 4) is 0 Å². The molecule has 18 heavy (non-hydrogen) atoms. The molecule has 1 aliphatic carbocycles. The summed E-state index contributed by atoms with van der Waals surface area (Å²) in [5, 5.41) is 3.47. The van der Waals surface area contributed by atoms with E-state index in [0.29, 0.717) is 17.4 Å². The van der Waals surface area contributed by atoms with Crippen molar-refractivity contribution < 1.29 is 8.78 Å². The van der Waals surface area contributed by atoms with Crippen molar-refractivity contribution in [1.82, 2.24) is 5.32 Å². The molecule has 100 valence electrons. The number of hydrogen-bond acceptors (Lipinski definition) is 1. The van der Waals surface area contributed by atoms with Gasteiger partial charge in [0.05, 0.1) is 0 Å². The van der Waals surface area contributed by atoms with Crippen molar-refractivity contribution >= 4 is 0 Å². The van der Waals surface area contributed by atoms with Crippen LogP contribution in [-0.2, 0) is 6.42 Å². The third-order valence-corrected chi connectivity index (χ3v) is 3.98.